The number of thioether (sulfide) groups is 1. The van der Waals surface area contributed by atoms with Crippen LogP contribution in [0.5, 0.6) is 0 Å². The second-order valence-electron chi connectivity index (χ2n) is 6.45. The summed E-state index contributed by atoms with van der Waals surface area (Å²) in [4.78, 5) is 10.1. The Morgan fingerprint density at radius 1 is 1.04 bits per heavy atom. The average molecular weight is 384 g/mol. The fourth-order valence-corrected chi connectivity index (χ4v) is 3.63. The molecule has 4 rings (SSSR count). The number of halogens is 1. The largest absolute Gasteiger partial charge is 0.367 e. The van der Waals surface area contributed by atoms with E-state index in [4.69, 9.17) is 4.52 Å². The van der Waals surface area contributed by atoms with Gasteiger partial charge in [-0.05, 0) is 42.7 Å². The average Bonchev–Trinajstić information content (AvgIpc) is 3.18. The zero-order valence-corrected chi connectivity index (χ0v) is 16.0. The number of hydrogen-bond donors (Lipinski definition) is 0. The Morgan fingerprint density at radius 3 is 2.48 bits per heavy atom. The molecule has 2 aromatic carbocycles. The van der Waals surface area contributed by atoms with Gasteiger partial charge in [0, 0.05) is 36.6 Å². The van der Waals surface area contributed by atoms with E-state index in [9.17, 15) is 4.39 Å². The summed E-state index contributed by atoms with van der Waals surface area (Å²) in [5.41, 5.74) is 1.62. The first kappa shape index (κ1) is 18.0. The molecule has 0 N–H and O–H groups in total. The van der Waals surface area contributed by atoms with Gasteiger partial charge in [0.2, 0.25) is 11.7 Å². The van der Waals surface area contributed by atoms with Crippen molar-refractivity contribution in [1.29, 1.82) is 0 Å². The predicted octanol–water partition coefficient (Wildman–Crippen LogP) is 3.92. The summed E-state index contributed by atoms with van der Waals surface area (Å²) in [7, 11) is 0. The first-order valence-corrected chi connectivity index (χ1v) is 10.1. The fourth-order valence-electron chi connectivity index (χ4n) is 3.22. The number of para-hydroxylation sites is 1. The van der Waals surface area contributed by atoms with Gasteiger partial charge in [0.1, 0.15) is 5.82 Å². The lowest BCUT2D eigenvalue weighted by Crippen LogP contribution is -2.46. The fraction of sp³-hybridized carbons (Fsp3) is 0.300. The van der Waals surface area contributed by atoms with E-state index in [0.29, 0.717) is 23.9 Å². The van der Waals surface area contributed by atoms with Gasteiger partial charge in [-0.1, -0.05) is 17.3 Å². The number of aromatic nitrogens is 2. The van der Waals surface area contributed by atoms with E-state index < -0.39 is 0 Å². The first-order chi connectivity index (χ1) is 13.2. The number of piperazine rings is 1. The van der Waals surface area contributed by atoms with Crippen LogP contribution in [0.2, 0.25) is 0 Å². The summed E-state index contributed by atoms with van der Waals surface area (Å²) >= 11 is 1.70. The Hall–Kier alpha value is -2.38. The quantitative estimate of drug-likeness (QED) is 0.622. The third-order valence-corrected chi connectivity index (χ3v) is 5.48. The predicted molar refractivity (Wildman–Crippen MR) is 105 cm³/mol. The van der Waals surface area contributed by atoms with Crippen LogP contribution in [0.1, 0.15) is 5.89 Å². The lowest BCUT2D eigenvalue weighted by atomic mass is 10.2. The molecule has 1 aromatic heterocycles. The van der Waals surface area contributed by atoms with Gasteiger partial charge in [0.05, 0.1) is 12.2 Å². The smallest absolute Gasteiger partial charge is 0.241 e. The van der Waals surface area contributed by atoms with E-state index in [-0.39, 0.29) is 5.82 Å². The molecule has 0 aliphatic carbocycles. The number of hydrogen-bond acceptors (Lipinski definition) is 6. The second-order valence-corrected chi connectivity index (χ2v) is 7.33. The van der Waals surface area contributed by atoms with Crippen LogP contribution in [0.4, 0.5) is 10.1 Å². The van der Waals surface area contributed by atoms with Crippen molar-refractivity contribution in [3.8, 4) is 11.4 Å². The van der Waals surface area contributed by atoms with E-state index in [1.54, 1.807) is 17.8 Å². The minimum Gasteiger partial charge on any atom is -0.367 e. The highest BCUT2D eigenvalue weighted by Gasteiger charge is 2.21. The van der Waals surface area contributed by atoms with Gasteiger partial charge < -0.3 is 9.42 Å². The summed E-state index contributed by atoms with van der Waals surface area (Å²) in [6, 6.07) is 15.1. The lowest BCUT2D eigenvalue weighted by molar-refractivity contribution is 0.215. The molecular weight excluding hydrogens is 363 g/mol. The van der Waals surface area contributed by atoms with E-state index >= 15 is 0 Å². The van der Waals surface area contributed by atoms with Crippen LogP contribution in [0.15, 0.2) is 57.9 Å². The Morgan fingerprint density at radius 2 is 1.78 bits per heavy atom. The number of rotatable bonds is 5. The monoisotopic (exact) mass is 384 g/mol. The maximum absolute atomic E-state index is 13.9. The van der Waals surface area contributed by atoms with Crippen LogP contribution in [0, 0.1) is 5.82 Å². The Bertz CT molecular complexity index is 891. The molecule has 0 unspecified atom stereocenters. The van der Waals surface area contributed by atoms with Gasteiger partial charge in [-0.15, -0.1) is 11.8 Å². The molecule has 27 heavy (non-hydrogen) atoms. The molecule has 0 atom stereocenters. The van der Waals surface area contributed by atoms with Crippen LogP contribution >= 0.6 is 11.8 Å². The molecule has 0 radical (unpaired) electrons. The Kier molecular flexibility index (Phi) is 5.40. The highest BCUT2D eigenvalue weighted by Crippen LogP contribution is 2.22. The second kappa shape index (κ2) is 8.10. The highest BCUT2D eigenvalue weighted by molar-refractivity contribution is 7.98. The first-order valence-electron chi connectivity index (χ1n) is 8.92. The summed E-state index contributed by atoms with van der Waals surface area (Å²) in [5, 5.41) is 4.10. The summed E-state index contributed by atoms with van der Waals surface area (Å²) in [5.74, 6) is 1.06. The molecule has 3 aromatic rings. The summed E-state index contributed by atoms with van der Waals surface area (Å²) in [6.45, 7) is 3.82. The molecule has 1 aliphatic heterocycles. The Labute approximate surface area is 162 Å². The molecule has 0 bridgehead atoms. The maximum Gasteiger partial charge on any atom is 0.241 e. The van der Waals surface area contributed by atoms with Crippen LogP contribution in [0.25, 0.3) is 11.4 Å². The van der Waals surface area contributed by atoms with Crippen LogP contribution in [-0.2, 0) is 6.54 Å². The molecule has 0 saturated carbocycles. The van der Waals surface area contributed by atoms with Gasteiger partial charge in [-0.25, -0.2) is 4.39 Å². The minimum absolute atomic E-state index is 0.167. The molecule has 5 nitrogen and oxygen atoms in total. The minimum atomic E-state index is -0.167. The number of anilines is 1. The molecule has 0 amide bonds. The highest BCUT2D eigenvalue weighted by atomic mass is 32.2. The van der Waals surface area contributed by atoms with Crippen molar-refractivity contribution in [3.05, 3.63) is 60.2 Å². The van der Waals surface area contributed by atoms with Crippen LogP contribution in [-0.4, -0.2) is 47.5 Å². The standard InChI is InChI=1S/C20H21FN4OS/c1-27-16-8-6-15(7-9-16)20-22-19(26-23-20)14-24-10-12-25(13-11-24)18-5-3-2-4-17(18)21/h2-9H,10-14H2,1H3. The third-order valence-electron chi connectivity index (χ3n) is 4.74. The summed E-state index contributed by atoms with van der Waals surface area (Å²) in [6.07, 6.45) is 2.05. The zero-order chi connectivity index (χ0) is 18.6. The van der Waals surface area contributed by atoms with Gasteiger partial charge in [0.15, 0.2) is 0 Å². The molecule has 0 spiro atoms. The van der Waals surface area contributed by atoms with E-state index in [1.165, 1.54) is 11.0 Å². The van der Waals surface area contributed by atoms with Crippen molar-refractivity contribution in [2.45, 2.75) is 11.4 Å². The molecule has 1 fully saturated rings. The van der Waals surface area contributed by atoms with E-state index in [1.807, 2.05) is 30.5 Å². The Balaban J connectivity index is 1.35. The SMILES string of the molecule is CSc1ccc(-c2noc(CN3CCN(c4ccccc4F)CC3)n2)cc1. The van der Waals surface area contributed by atoms with Crippen molar-refractivity contribution in [2.75, 3.05) is 37.3 Å². The summed E-state index contributed by atoms with van der Waals surface area (Å²) < 4.78 is 19.4. The van der Waals surface area contributed by atoms with Crippen molar-refractivity contribution in [2.24, 2.45) is 0 Å². The van der Waals surface area contributed by atoms with Crippen molar-refractivity contribution in [3.63, 3.8) is 0 Å². The number of nitrogens with zero attached hydrogens (tertiary/aromatic N) is 4. The van der Waals surface area contributed by atoms with Gasteiger partial charge >= 0.3 is 0 Å². The van der Waals surface area contributed by atoms with Crippen molar-refractivity contribution < 1.29 is 8.91 Å². The molecule has 1 saturated heterocycles. The van der Waals surface area contributed by atoms with E-state index in [0.717, 1.165) is 31.7 Å². The van der Waals surface area contributed by atoms with Gasteiger partial charge in [-0.3, -0.25) is 4.90 Å². The molecular formula is C20H21FN4OS. The van der Waals surface area contributed by atoms with Gasteiger partial charge in [-0.2, -0.15) is 4.98 Å². The van der Waals surface area contributed by atoms with Crippen molar-refractivity contribution >= 4 is 17.4 Å². The zero-order valence-electron chi connectivity index (χ0n) is 15.1. The molecule has 2 heterocycles. The normalized spacial score (nSPS) is 15.3. The van der Waals surface area contributed by atoms with Crippen LogP contribution < -0.4 is 4.90 Å². The third kappa shape index (κ3) is 4.14. The maximum atomic E-state index is 13.9. The number of benzene rings is 2. The molecule has 140 valence electrons. The topological polar surface area (TPSA) is 45.4 Å². The van der Waals surface area contributed by atoms with E-state index in [2.05, 4.69) is 32.1 Å². The molecule has 1 aliphatic rings. The van der Waals surface area contributed by atoms with Crippen LogP contribution in [0.3, 0.4) is 0 Å². The van der Waals surface area contributed by atoms with Gasteiger partial charge in [0.25, 0.3) is 0 Å². The molecule has 7 heteroatoms. The lowest BCUT2D eigenvalue weighted by Gasteiger charge is -2.35. The van der Waals surface area contributed by atoms with Crippen molar-refractivity contribution in [1.82, 2.24) is 15.0 Å².